The highest BCUT2D eigenvalue weighted by Gasteiger charge is 2.42. The third-order valence-electron chi connectivity index (χ3n) is 5.24. The van der Waals surface area contributed by atoms with Crippen molar-refractivity contribution in [2.75, 3.05) is 0 Å². The summed E-state index contributed by atoms with van der Waals surface area (Å²) in [5.74, 6) is 1.24. The molecule has 0 aliphatic carbocycles. The van der Waals surface area contributed by atoms with Crippen molar-refractivity contribution in [3.8, 4) is 5.75 Å². The zero-order chi connectivity index (χ0) is 21.4. The van der Waals surface area contributed by atoms with Crippen LogP contribution in [0, 0.1) is 0 Å². The van der Waals surface area contributed by atoms with E-state index in [1.165, 1.54) is 0 Å². The molecule has 1 aliphatic heterocycles. The molecule has 4 heterocycles. The van der Waals surface area contributed by atoms with Gasteiger partial charge < -0.3 is 13.9 Å². The van der Waals surface area contributed by atoms with Crippen molar-refractivity contribution in [3.63, 3.8) is 0 Å². The van der Waals surface area contributed by atoms with Gasteiger partial charge in [0.05, 0.1) is 11.3 Å². The van der Waals surface area contributed by atoms with Gasteiger partial charge >= 0.3 is 0 Å². The number of ether oxygens (including phenoxy) is 2. The number of ketones is 1. The van der Waals surface area contributed by atoms with E-state index in [1.54, 1.807) is 26.2 Å². The van der Waals surface area contributed by atoms with Crippen molar-refractivity contribution < 1.29 is 14.3 Å². The fourth-order valence-electron chi connectivity index (χ4n) is 3.66. The Labute approximate surface area is 179 Å². The molecule has 0 unspecified atom stereocenters. The summed E-state index contributed by atoms with van der Waals surface area (Å²) in [6.07, 6.45) is 7.29. The van der Waals surface area contributed by atoms with Crippen molar-refractivity contribution in [2.24, 2.45) is 0 Å². The highest BCUT2D eigenvalue weighted by molar-refractivity contribution is 6.32. The zero-order valence-electron chi connectivity index (χ0n) is 17.3. The maximum Gasteiger partial charge on any atom is 0.210 e. The van der Waals surface area contributed by atoms with E-state index in [4.69, 9.17) is 9.47 Å². The van der Waals surface area contributed by atoms with Crippen LogP contribution in [0.5, 0.6) is 5.75 Å². The van der Waals surface area contributed by atoms with Crippen LogP contribution in [-0.2, 0) is 16.1 Å². The van der Waals surface area contributed by atoms with Crippen LogP contribution in [0.2, 0.25) is 0 Å². The number of rotatable bonds is 5. The highest BCUT2D eigenvalue weighted by atomic mass is 16.5. The van der Waals surface area contributed by atoms with Crippen LogP contribution < -0.4 is 4.74 Å². The van der Waals surface area contributed by atoms with E-state index in [2.05, 4.69) is 9.97 Å². The Bertz CT molecular complexity index is 1260. The predicted molar refractivity (Wildman–Crippen MR) is 117 cm³/mol. The highest BCUT2D eigenvalue weighted by Crippen LogP contribution is 2.41. The van der Waals surface area contributed by atoms with Crippen molar-refractivity contribution >= 4 is 22.8 Å². The average molecular weight is 411 g/mol. The lowest BCUT2D eigenvalue weighted by Crippen LogP contribution is -2.29. The summed E-state index contributed by atoms with van der Waals surface area (Å²) in [6, 6.07) is 17.1. The molecule has 5 rings (SSSR count). The molecule has 4 aromatic rings. The van der Waals surface area contributed by atoms with Crippen LogP contribution >= 0.6 is 0 Å². The standard InChI is InChI=1S/C25H21N3O3/c1-25(2)24(29)22(23(31-25)18-10-12-26-13-11-18)17-6-8-20(9-7-17)30-16-19-15-28-14-4-3-5-21(28)27-19/h3-15H,16H2,1-2H3. The van der Waals surface area contributed by atoms with Crippen LogP contribution in [0.4, 0.5) is 0 Å². The van der Waals surface area contributed by atoms with Gasteiger partial charge in [0, 0.05) is 30.4 Å². The van der Waals surface area contributed by atoms with Crippen molar-refractivity contribution in [1.29, 1.82) is 0 Å². The summed E-state index contributed by atoms with van der Waals surface area (Å²) in [5, 5.41) is 0. The summed E-state index contributed by atoms with van der Waals surface area (Å²) in [6.45, 7) is 3.94. The van der Waals surface area contributed by atoms with E-state index in [0.717, 1.165) is 22.5 Å². The SMILES string of the molecule is CC1(C)OC(c2ccncc2)=C(c2ccc(OCc3cn4ccccc4n3)cc2)C1=O. The molecular weight excluding hydrogens is 390 g/mol. The molecule has 0 saturated carbocycles. The third-order valence-corrected chi connectivity index (χ3v) is 5.24. The molecule has 1 aliphatic rings. The number of aromatic nitrogens is 3. The summed E-state index contributed by atoms with van der Waals surface area (Å²) in [7, 11) is 0. The van der Waals surface area contributed by atoms with E-state index in [-0.39, 0.29) is 5.78 Å². The van der Waals surface area contributed by atoms with Crippen LogP contribution in [0.15, 0.2) is 79.4 Å². The van der Waals surface area contributed by atoms with Crippen molar-refractivity contribution in [3.05, 3.63) is 96.2 Å². The fourth-order valence-corrected chi connectivity index (χ4v) is 3.66. The maximum atomic E-state index is 13.1. The van der Waals surface area contributed by atoms with Gasteiger partial charge in [-0.3, -0.25) is 9.78 Å². The van der Waals surface area contributed by atoms with Gasteiger partial charge in [-0.1, -0.05) is 18.2 Å². The van der Waals surface area contributed by atoms with Crippen LogP contribution in [0.25, 0.3) is 17.0 Å². The second-order valence-electron chi connectivity index (χ2n) is 7.89. The number of imidazole rings is 1. The number of nitrogens with zero attached hydrogens (tertiary/aromatic N) is 3. The van der Waals surface area contributed by atoms with Gasteiger partial charge in [0.15, 0.2) is 5.60 Å². The van der Waals surface area contributed by atoms with E-state index in [1.807, 2.05) is 71.4 Å². The van der Waals surface area contributed by atoms with E-state index in [9.17, 15) is 4.79 Å². The molecule has 0 bridgehead atoms. The van der Waals surface area contributed by atoms with E-state index >= 15 is 0 Å². The van der Waals surface area contributed by atoms with Crippen molar-refractivity contribution in [1.82, 2.24) is 14.4 Å². The lowest BCUT2D eigenvalue weighted by Gasteiger charge is -2.17. The minimum absolute atomic E-state index is 0.0438. The van der Waals surface area contributed by atoms with E-state index in [0.29, 0.717) is 23.7 Å². The topological polar surface area (TPSA) is 65.7 Å². The van der Waals surface area contributed by atoms with Gasteiger partial charge in [-0.15, -0.1) is 0 Å². The van der Waals surface area contributed by atoms with Gasteiger partial charge in [0.1, 0.15) is 23.8 Å². The molecule has 31 heavy (non-hydrogen) atoms. The number of benzene rings is 1. The lowest BCUT2D eigenvalue weighted by atomic mass is 9.93. The molecule has 0 saturated heterocycles. The first-order valence-electron chi connectivity index (χ1n) is 10.1. The number of pyridine rings is 2. The summed E-state index contributed by atoms with van der Waals surface area (Å²) < 4.78 is 13.9. The quantitative estimate of drug-likeness (QED) is 0.482. The fraction of sp³-hybridized carbons (Fsp3) is 0.160. The largest absolute Gasteiger partial charge is 0.487 e. The first kappa shape index (κ1) is 19.1. The van der Waals surface area contributed by atoms with Gasteiger partial charge in [0.2, 0.25) is 5.78 Å². The number of carbonyl (C=O) groups excluding carboxylic acids is 1. The molecule has 1 aromatic carbocycles. The van der Waals surface area contributed by atoms with Gasteiger partial charge in [-0.2, -0.15) is 0 Å². The smallest absolute Gasteiger partial charge is 0.210 e. The number of carbonyl (C=O) groups is 1. The Morgan fingerprint density at radius 2 is 1.77 bits per heavy atom. The third kappa shape index (κ3) is 3.57. The van der Waals surface area contributed by atoms with Crippen LogP contribution in [0.3, 0.4) is 0 Å². The maximum absolute atomic E-state index is 13.1. The molecule has 0 amide bonds. The molecule has 0 N–H and O–H groups in total. The Hall–Kier alpha value is -3.93. The molecule has 3 aromatic heterocycles. The average Bonchev–Trinajstić information content (AvgIpc) is 3.31. The summed E-state index contributed by atoms with van der Waals surface area (Å²) >= 11 is 0. The number of fused-ring (bicyclic) bond motifs is 1. The molecule has 6 heteroatoms. The second kappa shape index (κ2) is 7.40. The van der Waals surface area contributed by atoms with Crippen molar-refractivity contribution in [2.45, 2.75) is 26.1 Å². The Morgan fingerprint density at radius 1 is 1.00 bits per heavy atom. The molecule has 0 fully saturated rings. The minimum atomic E-state index is -0.910. The van der Waals surface area contributed by atoms with Crippen LogP contribution in [-0.4, -0.2) is 25.8 Å². The monoisotopic (exact) mass is 411 g/mol. The Balaban J connectivity index is 1.39. The first-order chi connectivity index (χ1) is 15.0. The first-order valence-corrected chi connectivity index (χ1v) is 10.1. The van der Waals surface area contributed by atoms with Gasteiger partial charge in [-0.25, -0.2) is 4.98 Å². The summed E-state index contributed by atoms with van der Waals surface area (Å²) in [5.41, 5.74) is 3.02. The predicted octanol–water partition coefficient (Wildman–Crippen LogP) is 4.55. The van der Waals surface area contributed by atoms with Crippen LogP contribution in [0.1, 0.15) is 30.7 Å². The molecule has 0 spiro atoms. The molecule has 0 radical (unpaired) electrons. The Kier molecular flexibility index (Phi) is 4.55. The molecule has 154 valence electrons. The molecular formula is C25H21N3O3. The zero-order valence-corrected chi connectivity index (χ0v) is 17.3. The second-order valence-corrected chi connectivity index (χ2v) is 7.89. The van der Waals surface area contributed by atoms with Gasteiger partial charge in [0.25, 0.3) is 0 Å². The Morgan fingerprint density at radius 3 is 2.52 bits per heavy atom. The summed E-state index contributed by atoms with van der Waals surface area (Å²) in [4.78, 5) is 21.6. The number of Topliss-reactive ketones (excluding diaryl/α,β-unsaturated/α-hetero) is 1. The molecule has 6 nitrogen and oxygen atoms in total. The lowest BCUT2D eigenvalue weighted by molar-refractivity contribution is -0.125. The number of hydrogen-bond donors (Lipinski definition) is 0. The van der Waals surface area contributed by atoms with Gasteiger partial charge in [-0.05, 0) is 55.8 Å². The molecule has 0 atom stereocenters. The normalized spacial score (nSPS) is 15.4. The minimum Gasteiger partial charge on any atom is -0.487 e. The van der Waals surface area contributed by atoms with E-state index < -0.39 is 5.60 Å². The number of hydrogen-bond acceptors (Lipinski definition) is 5.